The molecule has 1 aromatic carbocycles. The maximum atomic E-state index is 11.0. The van der Waals surface area contributed by atoms with E-state index < -0.39 is 11.4 Å². The molecule has 0 bridgehead atoms. The number of hydrogen-bond acceptors (Lipinski definition) is 2. The molecule has 2 N–H and O–H groups in total. The number of hydrogen-bond donors (Lipinski definition) is 2. The number of carboxylic acids is 1. The first kappa shape index (κ1) is 11.6. The van der Waals surface area contributed by atoms with Gasteiger partial charge >= 0.3 is 5.97 Å². The molecule has 0 aliphatic heterocycles. The fourth-order valence-corrected chi connectivity index (χ4v) is 1.43. The van der Waals surface area contributed by atoms with Crippen LogP contribution in [0.1, 0.15) is 25.0 Å². The predicted molar refractivity (Wildman–Crippen MR) is 58.0 cm³/mol. The van der Waals surface area contributed by atoms with Crippen LogP contribution in [0.5, 0.6) is 5.75 Å². The third-order valence-corrected chi connectivity index (χ3v) is 2.54. The first-order valence-electron chi connectivity index (χ1n) is 4.85. The number of carboxylic acid groups (broad SMARTS) is 1. The molecule has 1 aromatic rings. The molecule has 0 radical (unpaired) electrons. The smallest absolute Gasteiger partial charge is 0.309 e. The maximum Gasteiger partial charge on any atom is 0.309 e. The Balaban J connectivity index is 2.95. The first-order chi connectivity index (χ1) is 6.83. The van der Waals surface area contributed by atoms with E-state index in [4.69, 9.17) is 5.11 Å². The van der Waals surface area contributed by atoms with E-state index >= 15 is 0 Å². The summed E-state index contributed by atoms with van der Waals surface area (Å²) in [6.45, 7) is 5.26. The lowest BCUT2D eigenvalue weighted by molar-refractivity contribution is -0.146. The summed E-state index contributed by atoms with van der Waals surface area (Å²) in [5.74, 6) is -0.598. The van der Waals surface area contributed by atoms with Crippen molar-refractivity contribution in [2.24, 2.45) is 5.41 Å². The average Bonchev–Trinajstić information content (AvgIpc) is 2.09. The molecule has 0 fully saturated rings. The predicted octanol–water partition coefficient (Wildman–Crippen LogP) is 2.35. The van der Waals surface area contributed by atoms with E-state index in [0.717, 1.165) is 11.1 Å². The van der Waals surface area contributed by atoms with Gasteiger partial charge in [-0.1, -0.05) is 6.07 Å². The molecule has 0 saturated heterocycles. The van der Waals surface area contributed by atoms with Crippen LogP contribution >= 0.6 is 0 Å². The lowest BCUT2D eigenvalue weighted by atomic mass is 9.84. The van der Waals surface area contributed by atoms with Crippen LogP contribution in [0.4, 0.5) is 0 Å². The van der Waals surface area contributed by atoms with Crippen molar-refractivity contribution in [3.63, 3.8) is 0 Å². The Kier molecular flexibility index (Phi) is 3.03. The third kappa shape index (κ3) is 2.72. The zero-order valence-corrected chi connectivity index (χ0v) is 9.24. The van der Waals surface area contributed by atoms with Crippen LogP contribution in [0.15, 0.2) is 18.2 Å². The first-order valence-corrected chi connectivity index (χ1v) is 4.85. The molecule has 0 heterocycles. The van der Waals surface area contributed by atoms with Crippen molar-refractivity contribution in [1.82, 2.24) is 0 Å². The molecule has 1 rings (SSSR count). The molecule has 0 unspecified atom stereocenters. The molecule has 0 spiro atoms. The second-order valence-electron chi connectivity index (χ2n) is 4.48. The summed E-state index contributed by atoms with van der Waals surface area (Å²) in [4.78, 5) is 11.0. The highest BCUT2D eigenvalue weighted by molar-refractivity contribution is 5.74. The molecule has 0 amide bonds. The molecule has 3 nitrogen and oxygen atoms in total. The lowest BCUT2D eigenvalue weighted by Gasteiger charge is -2.20. The van der Waals surface area contributed by atoms with Gasteiger partial charge in [-0.25, -0.2) is 0 Å². The van der Waals surface area contributed by atoms with E-state index in [2.05, 4.69) is 0 Å². The van der Waals surface area contributed by atoms with E-state index in [1.807, 2.05) is 6.92 Å². The van der Waals surface area contributed by atoms with Crippen LogP contribution in [0.25, 0.3) is 0 Å². The molecular formula is C12H16O3. The summed E-state index contributed by atoms with van der Waals surface area (Å²) in [6, 6.07) is 5.00. The summed E-state index contributed by atoms with van der Waals surface area (Å²) in [5.41, 5.74) is 1.10. The number of aliphatic carboxylic acids is 1. The third-order valence-electron chi connectivity index (χ3n) is 2.54. The zero-order valence-electron chi connectivity index (χ0n) is 9.24. The van der Waals surface area contributed by atoms with Gasteiger partial charge in [-0.05, 0) is 50.5 Å². The average molecular weight is 208 g/mol. The van der Waals surface area contributed by atoms with Crippen molar-refractivity contribution in [2.45, 2.75) is 27.2 Å². The van der Waals surface area contributed by atoms with Crippen LogP contribution in [0, 0.1) is 12.3 Å². The summed E-state index contributed by atoms with van der Waals surface area (Å²) in [5, 5.41) is 18.2. The Hall–Kier alpha value is -1.51. The van der Waals surface area contributed by atoms with Crippen molar-refractivity contribution < 1.29 is 15.0 Å². The quantitative estimate of drug-likeness (QED) is 0.801. The van der Waals surface area contributed by atoms with Gasteiger partial charge < -0.3 is 10.2 Å². The van der Waals surface area contributed by atoms with E-state index in [1.165, 1.54) is 0 Å². The fourth-order valence-electron chi connectivity index (χ4n) is 1.43. The highest BCUT2D eigenvalue weighted by Crippen LogP contribution is 2.25. The fraction of sp³-hybridized carbons (Fsp3) is 0.417. The SMILES string of the molecule is Cc1cc(O)ccc1CC(C)(C)C(=O)O. The Morgan fingerprint density at radius 3 is 2.47 bits per heavy atom. The monoisotopic (exact) mass is 208 g/mol. The minimum atomic E-state index is -0.810. The normalized spacial score (nSPS) is 11.4. The van der Waals surface area contributed by atoms with Crippen LogP contribution < -0.4 is 0 Å². The molecule has 82 valence electrons. The van der Waals surface area contributed by atoms with Gasteiger partial charge in [0.15, 0.2) is 0 Å². The van der Waals surface area contributed by atoms with Gasteiger partial charge in [0.1, 0.15) is 5.75 Å². The Morgan fingerprint density at radius 1 is 1.40 bits per heavy atom. The zero-order chi connectivity index (χ0) is 11.6. The standard InChI is InChI=1S/C12H16O3/c1-8-6-10(13)5-4-9(8)7-12(2,3)11(14)15/h4-6,13H,7H2,1-3H3,(H,14,15). The van der Waals surface area contributed by atoms with Crippen molar-refractivity contribution in [2.75, 3.05) is 0 Å². The van der Waals surface area contributed by atoms with Crippen LogP contribution in [-0.2, 0) is 11.2 Å². The number of benzene rings is 1. The Morgan fingerprint density at radius 2 is 2.00 bits per heavy atom. The molecule has 0 saturated carbocycles. The number of aryl methyl sites for hydroxylation is 1. The van der Waals surface area contributed by atoms with Gasteiger partial charge in [-0.3, -0.25) is 4.79 Å². The van der Waals surface area contributed by atoms with E-state index in [0.29, 0.717) is 6.42 Å². The highest BCUT2D eigenvalue weighted by atomic mass is 16.4. The van der Waals surface area contributed by atoms with Crippen LogP contribution in [0.3, 0.4) is 0 Å². The second kappa shape index (κ2) is 3.93. The Bertz CT molecular complexity index is 380. The summed E-state index contributed by atoms with van der Waals surface area (Å²) < 4.78 is 0. The van der Waals surface area contributed by atoms with Crippen molar-refractivity contribution in [3.8, 4) is 5.75 Å². The molecular weight excluding hydrogens is 192 g/mol. The van der Waals surface area contributed by atoms with Gasteiger partial charge in [0.05, 0.1) is 5.41 Å². The maximum absolute atomic E-state index is 11.0. The van der Waals surface area contributed by atoms with Gasteiger partial charge in [-0.15, -0.1) is 0 Å². The molecule has 3 heteroatoms. The number of phenolic OH excluding ortho intramolecular Hbond substituents is 1. The number of phenols is 1. The summed E-state index contributed by atoms with van der Waals surface area (Å²) in [6.07, 6.45) is 0.467. The lowest BCUT2D eigenvalue weighted by Crippen LogP contribution is -2.26. The second-order valence-corrected chi connectivity index (χ2v) is 4.48. The number of carbonyl (C=O) groups is 1. The molecule has 0 aliphatic rings. The highest BCUT2D eigenvalue weighted by Gasteiger charge is 2.27. The minimum absolute atomic E-state index is 0.212. The number of rotatable bonds is 3. The van der Waals surface area contributed by atoms with Crippen LogP contribution in [0.2, 0.25) is 0 Å². The van der Waals surface area contributed by atoms with Gasteiger partial charge in [0.25, 0.3) is 0 Å². The largest absolute Gasteiger partial charge is 0.508 e. The van der Waals surface area contributed by atoms with Crippen LogP contribution in [-0.4, -0.2) is 16.2 Å². The molecule has 0 aromatic heterocycles. The minimum Gasteiger partial charge on any atom is -0.508 e. The van der Waals surface area contributed by atoms with Gasteiger partial charge in [0.2, 0.25) is 0 Å². The van der Waals surface area contributed by atoms with Crippen molar-refractivity contribution in [3.05, 3.63) is 29.3 Å². The van der Waals surface area contributed by atoms with Gasteiger partial charge in [0, 0.05) is 0 Å². The molecule has 15 heavy (non-hydrogen) atoms. The van der Waals surface area contributed by atoms with Gasteiger partial charge in [-0.2, -0.15) is 0 Å². The Labute approximate surface area is 89.4 Å². The summed E-state index contributed by atoms with van der Waals surface area (Å²) >= 11 is 0. The van der Waals surface area contributed by atoms with Crippen molar-refractivity contribution >= 4 is 5.97 Å². The number of aromatic hydroxyl groups is 1. The molecule has 0 atom stereocenters. The van der Waals surface area contributed by atoms with Crippen molar-refractivity contribution in [1.29, 1.82) is 0 Å². The van der Waals surface area contributed by atoms with E-state index in [-0.39, 0.29) is 5.75 Å². The van der Waals surface area contributed by atoms with E-state index in [9.17, 15) is 9.90 Å². The van der Waals surface area contributed by atoms with E-state index in [1.54, 1.807) is 32.0 Å². The topological polar surface area (TPSA) is 57.5 Å². The summed E-state index contributed by atoms with van der Waals surface area (Å²) in [7, 11) is 0. The molecule has 0 aliphatic carbocycles.